The summed E-state index contributed by atoms with van der Waals surface area (Å²) in [6.45, 7) is 2.59. The van der Waals surface area contributed by atoms with Crippen LogP contribution in [0, 0.1) is 5.41 Å². The quantitative estimate of drug-likeness (QED) is 0.782. The van der Waals surface area contributed by atoms with Gasteiger partial charge in [0.1, 0.15) is 5.01 Å². The molecule has 0 fully saturated rings. The first kappa shape index (κ1) is 15.3. The minimum Gasteiger partial charge on any atom is -0.349 e. The van der Waals surface area contributed by atoms with Crippen molar-refractivity contribution < 1.29 is 4.79 Å². The Morgan fingerprint density at radius 3 is 2.75 bits per heavy atom. The van der Waals surface area contributed by atoms with Crippen molar-refractivity contribution in [2.75, 3.05) is 0 Å². The van der Waals surface area contributed by atoms with E-state index < -0.39 is 0 Å². The van der Waals surface area contributed by atoms with E-state index in [0.717, 1.165) is 29.8 Å². The van der Waals surface area contributed by atoms with Crippen molar-refractivity contribution >= 4 is 27.5 Å². The highest BCUT2D eigenvalue weighted by atomic mass is 32.1. The van der Waals surface area contributed by atoms with E-state index in [1.165, 1.54) is 15.8 Å². The molecule has 122 valence electrons. The Morgan fingerprint density at radius 2 is 1.92 bits per heavy atom. The lowest BCUT2D eigenvalue weighted by atomic mass is 9.72. The molecule has 1 heterocycles. The third kappa shape index (κ3) is 2.82. The van der Waals surface area contributed by atoms with Crippen LogP contribution in [0.1, 0.15) is 29.5 Å². The maximum absolute atomic E-state index is 12.8. The van der Waals surface area contributed by atoms with E-state index in [4.69, 9.17) is 0 Å². The summed E-state index contributed by atoms with van der Waals surface area (Å²) in [6.07, 6.45) is 2.69. The van der Waals surface area contributed by atoms with Crippen LogP contribution in [-0.2, 0) is 24.2 Å². The lowest BCUT2D eigenvalue weighted by molar-refractivity contribution is -0.131. The molecule has 0 aliphatic heterocycles. The summed E-state index contributed by atoms with van der Waals surface area (Å²) in [5.41, 5.74) is 3.37. The first-order valence-corrected chi connectivity index (χ1v) is 9.15. The van der Waals surface area contributed by atoms with Crippen molar-refractivity contribution in [3.05, 3.63) is 64.7 Å². The first-order chi connectivity index (χ1) is 11.6. The Labute approximate surface area is 145 Å². The Morgan fingerprint density at radius 1 is 1.17 bits per heavy atom. The first-order valence-electron chi connectivity index (χ1n) is 8.34. The standard InChI is InChI=1S/C20H20N2OS/c1-20(11-10-14-6-2-3-7-15(14)12-20)19(23)21-13-18-22-16-8-4-5-9-17(16)24-18/h2-9H,10-13H2,1H3,(H,21,23)/t20-/m1/s1. The maximum atomic E-state index is 12.8. The fourth-order valence-corrected chi connectivity index (χ4v) is 4.36. The molecule has 24 heavy (non-hydrogen) atoms. The summed E-state index contributed by atoms with van der Waals surface area (Å²) in [5, 5.41) is 4.07. The van der Waals surface area contributed by atoms with Crippen molar-refractivity contribution in [3.63, 3.8) is 0 Å². The van der Waals surface area contributed by atoms with Gasteiger partial charge in [-0.2, -0.15) is 0 Å². The molecule has 3 nitrogen and oxygen atoms in total. The number of aromatic nitrogens is 1. The van der Waals surface area contributed by atoms with E-state index in [-0.39, 0.29) is 11.3 Å². The lowest BCUT2D eigenvalue weighted by Gasteiger charge is -2.33. The lowest BCUT2D eigenvalue weighted by Crippen LogP contribution is -2.42. The Balaban J connectivity index is 1.46. The van der Waals surface area contributed by atoms with Gasteiger partial charge in [-0.15, -0.1) is 11.3 Å². The minimum absolute atomic E-state index is 0.135. The van der Waals surface area contributed by atoms with Crippen LogP contribution in [0.2, 0.25) is 0 Å². The molecule has 1 amide bonds. The molecule has 0 saturated heterocycles. The number of hydrogen-bond donors (Lipinski definition) is 1. The van der Waals surface area contributed by atoms with Gasteiger partial charge in [0.2, 0.25) is 5.91 Å². The average Bonchev–Trinajstić information content (AvgIpc) is 3.02. The monoisotopic (exact) mass is 336 g/mol. The molecule has 0 bridgehead atoms. The zero-order chi connectivity index (χ0) is 16.6. The normalized spacial score (nSPS) is 19.9. The molecule has 4 rings (SSSR count). The number of carbonyl (C=O) groups excluding carboxylic acids is 1. The van der Waals surface area contributed by atoms with Crippen molar-refractivity contribution in [3.8, 4) is 0 Å². The summed E-state index contributed by atoms with van der Waals surface area (Å²) in [5.74, 6) is 0.135. The second-order valence-corrected chi connectivity index (χ2v) is 7.88. The number of para-hydroxylation sites is 1. The van der Waals surface area contributed by atoms with Gasteiger partial charge in [-0.05, 0) is 42.5 Å². The van der Waals surface area contributed by atoms with E-state index >= 15 is 0 Å². The van der Waals surface area contributed by atoms with Crippen LogP contribution in [0.15, 0.2) is 48.5 Å². The second kappa shape index (κ2) is 6.02. The zero-order valence-electron chi connectivity index (χ0n) is 13.7. The van der Waals surface area contributed by atoms with E-state index in [1.807, 2.05) is 18.2 Å². The minimum atomic E-state index is -0.328. The smallest absolute Gasteiger partial charge is 0.226 e. The molecule has 1 aliphatic rings. The number of aryl methyl sites for hydroxylation is 1. The average molecular weight is 336 g/mol. The number of amides is 1. The summed E-state index contributed by atoms with van der Waals surface area (Å²) in [6, 6.07) is 16.5. The van der Waals surface area contributed by atoms with Crippen molar-refractivity contribution in [2.45, 2.75) is 32.7 Å². The SMILES string of the molecule is C[C@@]1(C(=O)NCc2nc3ccccc3s2)CCc2ccccc2C1. The van der Waals surface area contributed by atoms with E-state index in [1.54, 1.807) is 11.3 Å². The molecule has 2 aromatic carbocycles. The largest absolute Gasteiger partial charge is 0.349 e. The molecule has 0 saturated carbocycles. The number of carbonyl (C=O) groups is 1. The van der Waals surface area contributed by atoms with Gasteiger partial charge in [0.15, 0.2) is 0 Å². The van der Waals surface area contributed by atoms with Gasteiger partial charge in [-0.25, -0.2) is 4.98 Å². The van der Waals surface area contributed by atoms with E-state index in [0.29, 0.717) is 6.54 Å². The third-order valence-electron chi connectivity index (χ3n) is 4.93. The van der Waals surface area contributed by atoms with Crippen LogP contribution < -0.4 is 5.32 Å². The predicted octanol–water partition coefficient (Wildman–Crippen LogP) is 4.11. The summed E-state index contributed by atoms with van der Waals surface area (Å²) in [7, 11) is 0. The highest BCUT2D eigenvalue weighted by Crippen LogP contribution is 2.35. The summed E-state index contributed by atoms with van der Waals surface area (Å²) in [4.78, 5) is 17.4. The second-order valence-electron chi connectivity index (χ2n) is 6.76. The van der Waals surface area contributed by atoms with Gasteiger partial charge in [0.25, 0.3) is 0 Å². The molecule has 4 heteroatoms. The number of nitrogens with one attached hydrogen (secondary N) is 1. The molecule has 0 spiro atoms. The van der Waals surface area contributed by atoms with Crippen molar-refractivity contribution in [1.82, 2.24) is 10.3 Å². The van der Waals surface area contributed by atoms with Crippen molar-refractivity contribution in [2.24, 2.45) is 5.41 Å². The third-order valence-corrected chi connectivity index (χ3v) is 5.97. The van der Waals surface area contributed by atoms with E-state index in [9.17, 15) is 4.79 Å². The van der Waals surface area contributed by atoms with Gasteiger partial charge < -0.3 is 5.32 Å². The Bertz CT molecular complexity index is 868. The molecular weight excluding hydrogens is 316 g/mol. The van der Waals surface area contributed by atoms with Crippen LogP contribution in [0.25, 0.3) is 10.2 Å². The van der Waals surface area contributed by atoms with Gasteiger partial charge in [0, 0.05) is 0 Å². The number of fused-ring (bicyclic) bond motifs is 2. The van der Waals surface area contributed by atoms with Crippen LogP contribution in [0.3, 0.4) is 0 Å². The highest BCUT2D eigenvalue weighted by Gasteiger charge is 2.36. The molecule has 1 aliphatic carbocycles. The van der Waals surface area contributed by atoms with Gasteiger partial charge in [0.05, 0.1) is 22.2 Å². The summed E-state index contributed by atoms with van der Waals surface area (Å²) >= 11 is 1.65. The number of benzene rings is 2. The maximum Gasteiger partial charge on any atom is 0.226 e. The molecule has 1 aromatic heterocycles. The predicted molar refractivity (Wildman–Crippen MR) is 98.0 cm³/mol. The van der Waals surface area contributed by atoms with Gasteiger partial charge in [-0.3, -0.25) is 4.79 Å². The Kier molecular flexibility index (Phi) is 3.85. The number of nitrogens with zero attached hydrogens (tertiary/aromatic N) is 1. The zero-order valence-corrected chi connectivity index (χ0v) is 14.5. The molecule has 3 aromatic rings. The summed E-state index contributed by atoms with van der Waals surface area (Å²) < 4.78 is 1.17. The molecule has 1 atom stereocenters. The Hall–Kier alpha value is -2.20. The van der Waals surface area contributed by atoms with Crippen LogP contribution in [0.5, 0.6) is 0 Å². The fourth-order valence-electron chi connectivity index (χ4n) is 3.45. The number of thiazole rings is 1. The fraction of sp³-hybridized carbons (Fsp3) is 0.300. The van der Waals surface area contributed by atoms with E-state index in [2.05, 4.69) is 47.6 Å². The molecular formula is C20H20N2OS. The van der Waals surface area contributed by atoms with Crippen LogP contribution >= 0.6 is 11.3 Å². The van der Waals surface area contributed by atoms with Gasteiger partial charge >= 0.3 is 0 Å². The van der Waals surface area contributed by atoms with Gasteiger partial charge in [-0.1, -0.05) is 43.3 Å². The molecule has 0 radical (unpaired) electrons. The number of hydrogen-bond acceptors (Lipinski definition) is 3. The highest BCUT2D eigenvalue weighted by molar-refractivity contribution is 7.18. The number of rotatable bonds is 3. The topological polar surface area (TPSA) is 42.0 Å². The molecule has 1 N–H and O–H groups in total. The van der Waals surface area contributed by atoms with Crippen LogP contribution in [0.4, 0.5) is 0 Å². The van der Waals surface area contributed by atoms with Crippen molar-refractivity contribution in [1.29, 1.82) is 0 Å². The molecule has 0 unspecified atom stereocenters. The van der Waals surface area contributed by atoms with Crippen LogP contribution in [-0.4, -0.2) is 10.9 Å².